The Morgan fingerprint density at radius 2 is 1.76 bits per heavy atom. The zero-order chi connectivity index (χ0) is 23.7. The number of hydrogen-bond donors (Lipinski definition) is 0. The fourth-order valence-electron chi connectivity index (χ4n) is 5.07. The van der Waals surface area contributed by atoms with Crippen LogP contribution < -0.4 is 14.2 Å². The quantitative estimate of drug-likeness (QED) is 0.502. The van der Waals surface area contributed by atoms with Crippen LogP contribution in [0.1, 0.15) is 60.9 Å². The second kappa shape index (κ2) is 9.20. The third-order valence-electron chi connectivity index (χ3n) is 7.31. The maximum Gasteiger partial charge on any atom is 0.338 e. The molecule has 3 aliphatic rings. The molecule has 0 amide bonds. The van der Waals surface area contributed by atoms with Gasteiger partial charge in [-0.2, -0.15) is 0 Å². The molecular formula is C27H30O7. The lowest BCUT2D eigenvalue weighted by molar-refractivity contribution is -0.169. The highest BCUT2D eigenvalue weighted by molar-refractivity contribution is 5.94. The molecule has 0 radical (unpaired) electrons. The van der Waals surface area contributed by atoms with Crippen molar-refractivity contribution in [1.29, 1.82) is 0 Å². The number of benzene rings is 2. The number of carbonyl (C=O) groups is 2. The van der Waals surface area contributed by atoms with E-state index in [9.17, 15) is 9.59 Å². The largest absolute Gasteiger partial charge is 0.493 e. The molecule has 0 spiro atoms. The van der Waals surface area contributed by atoms with E-state index in [-0.39, 0.29) is 31.3 Å². The van der Waals surface area contributed by atoms with Gasteiger partial charge in [0.2, 0.25) is 5.75 Å². The van der Waals surface area contributed by atoms with E-state index in [0.29, 0.717) is 22.8 Å². The molecule has 0 saturated heterocycles. The van der Waals surface area contributed by atoms with Crippen LogP contribution in [0.4, 0.5) is 0 Å². The summed E-state index contributed by atoms with van der Waals surface area (Å²) in [5.41, 5.74) is 2.43. The number of carbonyl (C=O) groups excluding carboxylic acids is 2. The molecule has 0 aromatic heterocycles. The van der Waals surface area contributed by atoms with Crippen molar-refractivity contribution in [3.63, 3.8) is 0 Å². The molecule has 2 saturated carbocycles. The summed E-state index contributed by atoms with van der Waals surface area (Å²) in [6, 6.07) is 9.30. The van der Waals surface area contributed by atoms with Gasteiger partial charge in [0, 0.05) is 11.1 Å². The van der Waals surface area contributed by atoms with Crippen LogP contribution in [0.25, 0.3) is 11.1 Å². The molecule has 5 rings (SSSR count). The Morgan fingerprint density at radius 1 is 1.00 bits per heavy atom. The fourth-order valence-corrected chi connectivity index (χ4v) is 5.07. The second-order valence-electron chi connectivity index (χ2n) is 9.36. The molecule has 1 heterocycles. The van der Waals surface area contributed by atoms with E-state index in [1.165, 1.54) is 0 Å². The number of methoxy groups -OCH3 is 2. The third-order valence-corrected chi connectivity index (χ3v) is 7.31. The van der Waals surface area contributed by atoms with Gasteiger partial charge in [0.1, 0.15) is 24.7 Å². The number of ether oxygens (including phenoxy) is 5. The lowest BCUT2D eigenvalue weighted by Gasteiger charge is -2.39. The summed E-state index contributed by atoms with van der Waals surface area (Å²) in [6.45, 7) is 0.462. The van der Waals surface area contributed by atoms with Crippen LogP contribution in [0.2, 0.25) is 0 Å². The van der Waals surface area contributed by atoms with Gasteiger partial charge in [-0.3, -0.25) is 4.79 Å². The number of esters is 2. The van der Waals surface area contributed by atoms with Crippen molar-refractivity contribution < 1.29 is 33.3 Å². The van der Waals surface area contributed by atoms with Crippen LogP contribution in [0.3, 0.4) is 0 Å². The highest BCUT2D eigenvalue weighted by Crippen LogP contribution is 2.48. The average Bonchev–Trinajstić information content (AvgIpc) is 3.47. The highest BCUT2D eigenvalue weighted by atomic mass is 16.6. The predicted octanol–water partition coefficient (Wildman–Crippen LogP) is 5.08. The van der Waals surface area contributed by atoms with Crippen molar-refractivity contribution in [3.05, 3.63) is 41.5 Å². The number of fused-ring (bicyclic) bond motifs is 1. The molecule has 34 heavy (non-hydrogen) atoms. The van der Waals surface area contributed by atoms with Crippen LogP contribution in [0, 0.1) is 5.41 Å². The molecule has 7 heteroatoms. The monoisotopic (exact) mass is 466 g/mol. The van der Waals surface area contributed by atoms with E-state index >= 15 is 0 Å². The van der Waals surface area contributed by atoms with Crippen molar-refractivity contribution >= 4 is 11.9 Å². The van der Waals surface area contributed by atoms with Gasteiger partial charge in [0.25, 0.3) is 0 Å². The maximum atomic E-state index is 13.1. The highest BCUT2D eigenvalue weighted by Gasteiger charge is 2.47. The van der Waals surface area contributed by atoms with Crippen LogP contribution in [-0.4, -0.2) is 38.9 Å². The molecule has 180 valence electrons. The minimum absolute atomic E-state index is 0.0308. The van der Waals surface area contributed by atoms with Gasteiger partial charge in [0.05, 0.1) is 19.8 Å². The van der Waals surface area contributed by atoms with Gasteiger partial charge >= 0.3 is 11.9 Å². The smallest absolute Gasteiger partial charge is 0.338 e. The Labute approximate surface area is 199 Å². The Morgan fingerprint density at radius 3 is 2.44 bits per heavy atom. The van der Waals surface area contributed by atoms with E-state index in [1.54, 1.807) is 20.3 Å². The summed E-state index contributed by atoms with van der Waals surface area (Å²) < 4.78 is 28.6. The fraction of sp³-hybridized carbons (Fsp3) is 0.481. The molecular weight excluding hydrogens is 436 g/mol. The number of rotatable bonds is 8. The number of cyclic esters (lactones) is 1. The van der Waals surface area contributed by atoms with E-state index < -0.39 is 5.41 Å². The average molecular weight is 467 g/mol. The van der Waals surface area contributed by atoms with Gasteiger partial charge < -0.3 is 23.7 Å². The molecule has 2 aliphatic carbocycles. The predicted molar refractivity (Wildman–Crippen MR) is 124 cm³/mol. The normalized spacial score (nSPS) is 18.6. The zero-order valence-corrected chi connectivity index (χ0v) is 19.7. The molecule has 2 aromatic rings. The maximum absolute atomic E-state index is 13.1. The van der Waals surface area contributed by atoms with Gasteiger partial charge in [-0.15, -0.1) is 0 Å². The summed E-state index contributed by atoms with van der Waals surface area (Å²) >= 11 is 0. The third kappa shape index (κ3) is 3.97. The molecule has 0 N–H and O–H groups in total. The first-order chi connectivity index (χ1) is 16.5. The van der Waals surface area contributed by atoms with E-state index in [4.69, 9.17) is 23.7 Å². The summed E-state index contributed by atoms with van der Waals surface area (Å²) in [4.78, 5) is 25.0. The van der Waals surface area contributed by atoms with Crippen molar-refractivity contribution in [2.24, 2.45) is 5.41 Å². The minimum Gasteiger partial charge on any atom is -0.493 e. The Kier molecular flexibility index (Phi) is 6.11. The lowest BCUT2D eigenvalue weighted by atomic mass is 9.69. The first kappa shape index (κ1) is 22.6. The minimum atomic E-state index is -0.633. The van der Waals surface area contributed by atoms with Crippen molar-refractivity contribution in [2.45, 2.75) is 57.7 Å². The topological polar surface area (TPSA) is 80.3 Å². The van der Waals surface area contributed by atoms with E-state index in [0.717, 1.165) is 61.6 Å². The standard InChI is InChI=1S/C27H30O7/c1-30-22-11-10-20(17-8-9-21-18(14-17)15-32-25(21)28)23(24(22)31-2)33-16-27(12-5-13-27)26(29)34-19-6-3-4-7-19/h8-11,14,19H,3-7,12-13,15-16H2,1-2H3. The molecule has 0 atom stereocenters. The van der Waals surface area contributed by atoms with Crippen molar-refractivity contribution in [2.75, 3.05) is 20.8 Å². The molecule has 0 bridgehead atoms. The Bertz CT molecular complexity index is 1100. The van der Waals surface area contributed by atoms with E-state index in [1.807, 2.05) is 24.3 Å². The number of hydrogen-bond acceptors (Lipinski definition) is 7. The van der Waals surface area contributed by atoms with Crippen molar-refractivity contribution in [3.8, 4) is 28.4 Å². The molecule has 0 unspecified atom stereocenters. The van der Waals surface area contributed by atoms with Gasteiger partial charge in [-0.1, -0.05) is 12.5 Å². The van der Waals surface area contributed by atoms with Crippen LogP contribution in [0.5, 0.6) is 17.2 Å². The Balaban J connectivity index is 1.45. The van der Waals surface area contributed by atoms with Crippen molar-refractivity contribution in [1.82, 2.24) is 0 Å². The Hall–Kier alpha value is -3.22. The van der Waals surface area contributed by atoms with Crippen LogP contribution in [0.15, 0.2) is 30.3 Å². The molecule has 7 nitrogen and oxygen atoms in total. The first-order valence-corrected chi connectivity index (χ1v) is 11.9. The summed E-state index contributed by atoms with van der Waals surface area (Å²) in [7, 11) is 3.14. The molecule has 2 aromatic carbocycles. The zero-order valence-electron chi connectivity index (χ0n) is 19.7. The second-order valence-corrected chi connectivity index (χ2v) is 9.36. The van der Waals surface area contributed by atoms with Gasteiger partial charge in [-0.25, -0.2) is 4.79 Å². The van der Waals surface area contributed by atoms with Crippen LogP contribution in [-0.2, 0) is 20.9 Å². The molecule has 2 fully saturated rings. The van der Waals surface area contributed by atoms with Crippen LogP contribution >= 0.6 is 0 Å². The SMILES string of the molecule is COc1ccc(-c2ccc3c(c2)COC3=O)c(OCC2(C(=O)OC3CCCC3)CCC2)c1OC. The molecule has 1 aliphatic heterocycles. The lowest BCUT2D eigenvalue weighted by Crippen LogP contribution is -2.45. The van der Waals surface area contributed by atoms with Gasteiger partial charge in [0.15, 0.2) is 11.5 Å². The summed E-state index contributed by atoms with van der Waals surface area (Å²) in [5.74, 6) is 1.05. The first-order valence-electron chi connectivity index (χ1n) is 11.9. The van der Waals surface area contributed by atoms with Gasteiger partial charge in [-0.05, 0) is 68.4 Å². The summed E-state index contributed by atoms with van der Waals surface area (Å²) in [6.07, 6.45) is 6.62. The van der Waals surface area contributed by atoms with E-state index in [2.05, 4.69) is 0 Å². The summed E-state index contributed by atoms with van der Waals surface area (Å²) in [5, 5.41) is 0.